The van der Waals surface area contributed by atoms with E-state index < -0.39 is 5.95 Å². The van der Waals surface area contributed by atoms with Crippen molar-refractivity contribution in [3.63, 3.8) is 0 Å². The lowest BCUT2D eigenvalue weighted by atomic mass is 10.1. The zero-order valence-corrected chi connectivity index (χ0v) is 19.6. The highest BCUT2D eigenvalue weighted by Crippen LogP contribution is 2.24. The van der Waals surface area contributed by atoms with E-state index in [2.05, 4.69) is 25.1 Å². The van der Waals surface area contributed by atoms with E-state index in [1.807, 2.05) is 29.2 Å². The Hall–Kier alpha value is -3.25. The van der Waals surface area contributed by atoms with Gasteiger partial charge in [-0.25, -0.2) is 0 Å². The van der Waals surface area contributed by atoms with Crippen LogP contribution in [0.1, 0.15) is 12.0 Å². The van der Waals surface area contributed by atoms with Gasteiger partial charge in [0.05, 0.1) is 18.6 Å². The summed E-state index contributed by atoms with van der Waals surface area (Å²) in [5.74, 6) is -0.379. The van der Waals surface area contributed by atoms with Gasteiger partial charge >= 0.3 is 0 Å². The first-order valence-electron chi connectivity index (χ1n) is 10.9. The molecule has 0 saturated carbocycles. The molecule has 2 saturated heterocycles. The number of amides is 1. The van der Waals surface area contributed by atoms with Gasteiger partial charge in [0, 0.05) is 39.0 Å². The number of aliphatic imine (C=N–C) groups is 2. The first-order chi connectivity index (χ1) is 16.4. The van der Waals surface area contributed by atoms with Crippen LogP contribution in [-0.4, -0.2) is 71.9 Å². The second kappa shape index (κ2) is 10.8. The molecule has 180 valence electrons. The van der Waals surface area contributed by atoms with Crippen LogP contribution in [0.5, 0.6) is 0 Å². The molecule has 3 heterocycles. The number of anilines is 2. The largest absolute Gasteiger partial charge is 0.378 e. The van der Waals surface area contributed by atoms with Crippen molar-refractivity contribution in [2.75, 3.05) is 43.1 Å². The van der Waals surface area contributed by atoms with Gasteiger partial charge in [0.15, 0.2) is 16.2 Å². The summed E-state index contributed by atoms with van der Waals surface area (Å²) in [5.41, 5.74) is 13.9. The number of carbonyl (C=O) groups is 1. The second-order valence-electron chi connectivity index (χ2n) is 8.13. The molecular formula is C22H27FN8O2S. The zero-order valence-electron chi connectivity index (χ0n) is 18.8. The number of hydrogen-bond acceptors (Lipinski definition) is 8. The summed E-state index contributed by atoms with van der Waals surface area (Å²) in [6, 6.07) is 10.6. The minimum Gasteiger partial charge on any atom is -0.378 e. The molecule has 34 heavy (non-hydrogen) atoms. The van der Waals surface area contributed by atoms with E-state index in [-0.39, 0.29) is 34.8 Å². The molecule has 1 amide bonds. The Morgan fingerprint density at radius 3 is 2.74 bits per heavy atom. The highest BCUT2D eigenvalue weighted by atomic mass is 32.2. The van der Waals surface area contributed by atoms with Gasteiger partial charge < -0.3 is 26.0 Å². The van der Waals surface area contributed by atoms with Crippen molar-refractivity contribution in [1.82, 2.24) is 10.2 Å². The Balaban J connectivity index is 1.27. The molecule has 2 aliphatic heterocycles. The summed E-state index contributed by atoms with van der Waals surface area (Å²) in [5, 5.41) is 7.57. The van der Waals surface area contributed by atoms with Crippen molar-refractivity contribution >= 4 is 39.5 Å². The van der Waals surface area contributed by atoms with E-state index in [0.717, 1.165) is 42.5 Å². The highest BCUT2D eigenvalue weighted by Gasteiger charge is 2.26. The standard InChI is InChI=1S/C22H27FN8O2S/c1-33-17-12-31(13-17)16-4-2-3-14(9-16)10-20(32)27-22(25)34-21(24)26-15-7-8-30(11-15)19-6-5-18(23)28-29-19/h2-6,9,15,17H,7-8,10-13H2,1H3,(H2,24,26)(H2,25,27,32). The van der Waals surface area contributed by atoms with E-state index >= 15 is 0 Å². The highest BCUT2D eigenvalue weighted by molar-refractivity contribution is 8.26. The Kier molecular flexibility index (Phi) is 7.58. The van der Waals surface area contributed by atoms with Crippen molar-refractivity contribution in [3.8, 4) is 0 Å². The average Bonchev–Trinajstić information content (AvgIpc) is 3.21. The minimum atomic E-state index is -0.619. The molecular weight excluding hydrogens is 459 g/mol. The number of halogens is 1. The van der Waals surface area contributed by atoms with Gasteiger partial charge in [-0.3, -0.25) is 9.79 Å². The maximum Gasteiger partial charge on any atom is 0.252 e. The number of nitrogens with zero attached hydrogens (tertiary/aromatic N) is 6. The molecule has 1 aromatic carbocycles. The molecule has 10 nitrogen and oxygen atoms in total. The fourth-order valence-electron chi connectivity index (χ4n) is 3.87. The molecule has 4 N–H and O–H groups in total. The Morgan fingerprint density at radius 1 is 1.18 bits per heavy atom. The summed E-state index contributed by atoms with van der Waals surface area (Å²) < 4.78 is 18.3. The normalized spacial score (nSPS) is 19.4. The van der Waals surface area contributed by atoms with Crippen molar-refractivity contribution in [2.45, 2.75) is 25.0 Å². The van der Waals surface area contributed by atoms with Gasteiger partial charge in [-0.1, -0.05) is 12.1 Å². The van der Waals surface area contributed by atoms with Gasteiger partial charge in [0.1, 0.15) is 0 Å². The summed E-state index contributed by atoms with van der Waals surface area (Å²) >= 11 is 0.964. The van der Waals surface area contributed by atoms with Crippen LogP contribution in [0.15, 0.2) is 46.4 Å². The number of rotatable bonds is 6. The van der Waals surface area contributed by atoms with Gasteiger partial charge in [-0.05, 0) is 48.0 Å². The van der Waals surface area contributed by atoms with Crippen LogP contribution < -0.4 is 21.3 Å². The first-order valence-corrected chi connectivity index (χ1v) is 11.7. The van der Waals surface area contributed by atoms with Gasteiger partial charge in [0.25, 0.3) is 5.91 Å². The van der Waals surface area contributed by atoms with Crippen LogP contribution in [-0.2, 0) is 16.0 Å². The van der Waals surface area contributed by atoms with Crippen LogP contribution in [0.25, 0.3) is 0 Å². The molecule has 2 fully saturated rings. The summed E-state index contributed by atoms with van der Waals surface area (Å²) in [4.78, 5) is 25.0. The monoisotopic (exact) mass is 486 g/mol. The number of ether oxygens (including phenoxy) is 1. The fraction of sp³-hybridized carbons (Fsp3) is 0.409. The molecule has 2 aromatic rings. The molecule has 4 rings (SSSR count). The fourth-order valence-corrected chi connectivity index (χ4v) is 4.43. The predicted octanol–water partition coefficient (Wildman–Crippen LogP) is 1.16. The van der Waals surface area contributed by atoms with Crippen molar-refractivity contribution in [1.29, 1.82) is 0 Å². The lowest BCUT2D eigenvalue weighted by Gasteiger charge is -2.40. The van der Waals surface area contributed by atoms with E-state index in [1.54, 1.807) is 13.2 Å². The number of benzene rings is 1. The maximum atomic E-state index is 13.0. The third-order valence-electron chi connectivity index (χ3n) is 5.67. The van der Waals surface area contributed by atoms with E-state index in [4.69, 9.17) is 16.2 Å². The predicted molar refractivity (Wildman–Crippen MR) is 132 cm³/mol. The number of hydrogen-bond donors (Lipinski definition) is 2. The molecule has 0 radical (unpaired) electrons. The van der Waals surface area contributed by atoms with Crippen molar-refractivity contribution < 1.29 is 13.9 Å². The van der Waals surface area contributed by atoms with Crippen LogP contribution in [0.2, 0.25) is 0 Å². The van der Waals surface area contributed by atoms with E-state index in [0.29, 0.717) is 18.9 Å². The summed E-state index contributed by atoms with van der Waals surface area (Å²) in [6.45, 7) is 2.96. The Morgan fingerprint density at radius 2 is 2.00 bits per heavy atom. The van der Waals surface area contributed by atoms with Crippen LogP contribution in [0.3, 0.4) is 0 Å². The number of carbonyl (C=O) groups excluding carboxylic acids is 1. The number of nitrogens with two attached hydrogens (primary N) is 2. The lowest BCUT2D eigenvalue weighted by molar-refractivity contribution is -0.117. The van der Waals surface area contributed by atoms with E-state index in [9.17, 15) is 9.18 Å². The first kappa shape index (κ1) is 23.9. The van der Waals surface area contributed by atoms with Gasteiger partial charge in [0.2, 0.25) is 5.95 Å². The van der Waals surface area contributed by atoms with Crippen molar-refractivity contribution in [3.05, 3.63) is 47.9 Å². The third kappa shape index (κ3) is 6.20. The average molecular weight is 487 g/mol. The maximum absolute atomic E-state index is 13.0. The molecule has 2 aliphatic rings. The number of aromatic nitrogens is 2. The van der Waals surface area contributed by atoms with Gasteiger partial charge in [-0.2, -0.15) is 9.38 Å². The Labute approximate surface area is 201 Å². The number of thioether (sulfide) groups is 1. The molecule has 1 aromatic heterocycles. The number of amidine groups is 2. The third-order valence-corrected chi connectivity index (χ3v) is 6.29. The SMILES string of the molecule is COC1CN(c2cccc(CC(=O)N=C(N)SC(N)=NC3CCN(c4ccc(F)nn4)C3)c2)C1. The van der Waals surface area contributed by atoms with Gasteiger partial charge in [-0.15, -0.1) is 10.2 Å². The lowest BCUT2D eigenvalue weighted by Crippen LogP contribution is -2.51. The van der Waals surface area contributed by atoms with E-state index in [1.165, 1.54) is 6.07 Å². The topological polar surface area (TPSA) is 135 Å². The second-order valence-corrected chi connectivity index (χ2v) is 9.17. The van der Waals surface area contributed by atoms with Crippen LogP contribution in [0.4, 0.5) is 15.9 Å². The molecule has 1 unspecified atom stereocenters. The minimum absolute atomic E-state index is 0.0485. The molecule has 0 bridgehead atoms. The molecule has 12 heteroatoms. The smallest absolute Gasteiger partial charge is 0.252 e. The summed E-state index contributed by atoms with van der Waals surface area (Å²) in [6.07, 6.45) is 1.15. The number of methoxy groups -OCH3 is 1. The quantitative estimate of drug-likeness (QED) is 0.455. The molecule has 0 aliphatic carbocycles. The molecule has 0 spiro atoms. The molecule has 1 atom stereocenters. The zero-order chi connectivity index (χ0) is 24.1. The Bertz CT molecular complexity index is 1070. The van der Waals surface area contributed by atoms with Crippen molar-refractivity contribution in [2.24, 2.45) is 21.5 Å². The summed E-state index contributed by atoms with van der Waals surface area (Å²) in [7, 11) is 1.71. The van der Waals surface area contributed by atoms with Crippen LogP contribution in [0, 0.1) is 5.95 Å². The van der Waals surface area contributed by atoms with Crippen LogP contribution >= 0.6 is 11.8 Å².